The van der Waals surface area contributed by atoms with Crippen LogP contribution in [0.5, 0.6) is 0 Å². The molecule has 6 heteroatoms. The van der Waals surface area contributed by atoms with Crippen molar-refractivity contribution in [3.8, 4) is 17.4 Å². The van der Waals surface area contributed by atoms with Crippen LogP contribution in [0.3, 0.4) is 0 Å². The third kappa shape index (κ3) is 3.89. The number of nitrogens with zero attached hydrogens (tertiary/aromatic N) is 1. The Hall–Kier alpha value is -2.74. The standard InChI is InChI=1S/C23H18Cl2N2O2/c24-18-8-3-15(13-19(18)25)20-9-10-21(29-20)22(28)27-17-6-4-16(5-7-17)23(14-26)11-1-2-12-23/h3-10,13H,1-2,11-12H2,(H,27,28). The van der Waals surface area contributed by atoms with Gasteiger partial charge in [0.2, 0.25) is 0 Å². The molecule has 1 amide bonds. The molecule has 0 saturated heterocycles. The van der Waals surface area contributed by atoms with Gasteiger partial charge in [0.05, 0.1) is 21.5 Å². The number of furan rings is 1. The molecule has 1 heterocycles. The molecule has 0 aliphatic heterocycles. The van der Waals surface area contributed by atoms with Crippen molar-refractivity contribution in [2.24, 2.45) is 0 Å². The first-order valence-electron chi connectivity index (χ1n) is 9.39. The van der Waals surface area contributed by atoms with Gasteiger partial charge in [0.15, 0.2) is 5.76 Å². The van der Waals surface area contributed by atoms with Gasteiger partial charge in [-0.3, -0.25) is 4.79 Å². The number of nitrogens with one attached hydrogen (secondary N) is 1. The van der Waals surface area contributed by atoms with Gasteiger partial charge in [0.25, 0.3) is 5.91 Å². The molecule has 1 fully saturated rings. The summed E-state index contributed by atoms with van der Waals surface area (Å²) in [7, 11) is 0. The predicted molar refractivity (Wildman–Crippen MR) is 114 cm³/mol. The quantitative estimate of drug-likeness (QED) is 0.498. The number of carbonyl (C=O) groups excluding carboxylic acids is 1. The molecule has 4 rings (SSSR count). The van der Waals surface area contributed by atoms with Gasteiger partial charge in [-0.1, -0.05) is 48.2 Å². The average molecular weight is 425 g/mol. The summed E-state index contributed by atoms with van der Waals surface area (Å²) >= 11 is 12.0. The van der Waals surface area contributed by atoms with Gasteiger partial charge in [-0.05, 0) is 60.9 Å². The number of hydrogen-bond acceptors (Lipinski definition) is 3. The van der Waals surface area contributed by atoms with Gasteiger partial charge in [0.1, 0.15) is 5.76 Å². The number of halogens is 2. The van der Waals surface area contributed by atoms with E-state index < -0.39 is 5.41 Å². The number of benzene rings is 2. The fraction of sp³-hybridized carbons (Fsp3) is 0.217. The maximum atomic E-state index is 12.5. The van der Waals surface area contributed by atoms with Gasteiger partial charge in [-0.15, -0.1) is 0 Å². The molecule has 0 radical (unpaired) electrons. The number of hydrogen-bond donors (Lipinski definition) is 1. The summed E-state index contributed by atoms with van der Waals surface area (Å²) in [4.78, 5) is 12.5. The Morgan fingerprint density at radius 2 is 1.72 bits per heavy atom. The van der Waals surface area contributed by atoms with Crippen LogP contribution in [0.1, 0.15) is 41.8 Å². The number of amides is 1. The smallest absolute Gasteiger partial charge is 0.291 e. The maximum Gasteiger partial charge on any atom is 0.291 e. The summed E-state index contributed by atoms with van der Waals surface area (Å²) in [6.45, 7) is 0. The van der Waals surface area contributed by atoms with Crippen LogP contribution in [-0.2, 0) is 5.41 Å². The number of nitriles is 1. The lowest BCUT2D eigenvalue weighted by Gasteiger charge is -2.20. The van der Waals surface area contributed by atoms with E-state index in [1.54, 1.807) is 30.3 Å². The average Bonchev–Trinajstić information content (AvgIpc) is 3.41. The van der Waals surface area contributed by atoms with E-state index in [0.717, 1.165) is 36.8 Å². The minimum Gasteiger partial charge on any atom is -0.451 e. The monoisotopic (exact) mass is 424 g/mol. The molecule has 146 valence electrons. The molecule has 2 aromatic carbocycles. The van der Waals surface area contributed by atoms with Crippen LogP contribution in [0.2, 0.25) is 10.0 Å². The first-order chi connectivity index (χ1) is 14.0. The molecule has 3 aromatic rings. The van der Waals surface area contributed by atoms with Crippen LogP contribution in [0, 0.1) is 11.3 Å². The summed E-state index contributed by atoms with van der Waals surface area (Å²) in [6, 6.07) is 18.5. The second kappa shape index (κ2) is 7.94. The van der Waals surface area contributed by atoms with Crippen molar-refractivity contribution < 1.29 is 9.21 Å². The van der Waals surface area contributed by atoms with Gasteiger partial charge in [-0.2, -0.15) is 5.26 Å². The lowest BCUT2D eigenvalue weighted by atomic mass is 9.80. The van der Waals surface area contributed by atoms with E-state index in [1.807, 2.05) is 24.3 Å². The summed E-state index contributed by atoms with van der Waals surface area (Å²) < 4.78 is 5.68. The number of rotatable bonds is 4. The summed E-state index contributed by atoms with van der Waals surface area (Å²) in [5, 5.41) is 13.3. The zero-order valence-corrected chi connectivity index (χ0v) is 17.1. The van der Waals surface area contributed by atoms with Crippen molar-refractivity contribution in [1.29, 1.82) is 5.26 Å². The van der Waals surface area contributed by atoms with Gasteiger partial charge < -0.3 is 9.73 Å². The number of anilines is 1. The fourth-order valence-corrected chi connectivity index (χ4v) is 4.07. The van der Waals surface area contributed by atoms with Gasteiger partial charge >= 0.3 is 0 Å². The molecule has 29 heavy (non-hydrogen) atoms. The van der Waals surface area contributed by atoms with Crippen molar-refractivity contribution in [1.82, 2.24) is 0 Å². The van der Waals surface area contributed by atoms with Crippen molar-refractivity contribution in [3.05, 3.63) is 76.0 Å². The summed E-state index contributed by atoms with van der Waals surface area (Å²) in [5.41, 5.74) is 2.01. The highest BCUT2D eigenvalue weighted by atomic mass is 35.5. The third-order valence-electron chi connectivity index (χ3n) is 5.40. The molecule has 1 saturated carbocycles. The minimum absolute atomic E-state index is 0.194. The molecule has 0 spiro atoms. The van der Waals surface area contributed by atoms with Crippen molar-refractivity contribution in [2.45, 2.75) is 31.1 Å². The first-order valence-corrected chi connectivity index (χ1v) is 10.1. The van der Waals surface area contributed by atoms with Crippen LogP contribution in [-0.4, -0.2) is 5.91 Å². The Bertz CT molecular complexity index is 1090. The molecule has 0 unspecified atom stereocenters. The summed E-state index contributed by atoms with van der Waals surface area (Å²) in [6.07, 6.45) is 3.93. The van der Waals surface area contributed by atoms with E-state index in [0.29, 0.717) is 21.5 Å². The maximum absolute atomic E-state index is 12.5. The molecule has 1 aromatic heterocycles. The zero-order valence-electron chi connectivity index (χ0n) is 15.5. The Balaban J connectivity index is 1.48. The SMILES string of the molecule is N#CC1(c2ccc(NC(=O)c3ccc(-c4ccc(Cl)c(Cl)c4)o3)cc2)CCCC1. The van der Waals surface area contributed by atoms with Crippen LogP contribution in [0.4, 0.5) is 5.69 Å². The Kier molecular flexibility index (Phi) is 5.36. The van der Waals surface area contributed by atoms with E-state index in [4.69, 9.17) is 27.6 Å². The predicted octanol–water partition coefficient (Wildman–Crippen LogP) is 6.84. The highest BCUT2D eigenvalue weighted by Crippen LogP contribution is 2.40. The van der Waals surface area contributed by atoms with Gasteiger partial charge in [0, 0.05) is 11.3 Å². The van der Waals surface area contributed by atoms with Crippen molar-refractivity contribution >= 4 is 34.8 Å². The first kappa shape index (κ1) is 19.6. The normalized spacial score (nSPS) is 15.1. The largest absolute Gasteiger partial charge is 0.451 e. The second-order valence-electron chi connectivity index (χ2n) is 7.23. The van der Waals surface area contributed by atoms with Gasteiger partial charge in [-0.25, -0.2) is 0 Å². The van der Waals surface area contributed by atoms with Crippen LogP contribution < -0.4 is 5.32 Å². The third-order valence-corrected chi connectivity index (χ3v) is 6.14. The van der Waals surface area contributed by atoms with E-state index in [-0.39, 0.29) is 11.7 Å². The van der Waals surface area contributed by atoms with Crippen LogP contribution in [0.15, 0.2) is 59.0 Å². The van der Waals surface area contributed by atoms with E-state index in [9.17, 15) is 10.1 Å². The number of carbonyl (C=O) groups is 1. The Morgan fingerprint density at radius 1 is 1.00 bits per heavy atom. The fourth-order valence-electron chi connectivity index (χ4n) is 3.77. The van der Waals surface area contributed by atoms with E-state index in [1.165, 1.54) is 0 Å². The van der Waals surface area contributed by atoms with Crippen molar-refractivity contribution in [3.63, 3.8) is 0 Å². The van der Waals surface area contributed by atoms with E-state index >= 15 is 0 Å². The lowest BCUT2D eigenvalue weighted by Crippen LogP contribution is -2.19. The Morgan fingerprint density at radius 3 is 2.38 bits per heavy atom. The lowest BCUT2D eigenvalue weighted by molar-refractivity contribution is 0.0997. The molecule has 4 nitrogen and oxygen atoms in total. The van der Waals surface area contributed by atoms with E-state index in [2.05, 4.69) is 11.4 Å². The van der Waals surface area contributed by atoms with Crippen LogP contribution >= 0.6 is 23.2 Å². The molecule has 0 bridgehead atoms. The molecule has 1 aliphatic carbocycles. The second-order valence-corrected chi connectivity index (χ2v) is 8.04. The Labute approximate surface area is 179 Å². The highest BCUT2D eigenvalue weighted by Gasteiger charge is 2.35. The molecular weight excluding hydrogens is 407 g/mol. The minimum atomic E-state index is -0.391. The highest BCUT2D eigenvalue weighted by molar-refractivity contribution is 6.42. The molecule has 0 atom stereocenters. The summed E-state index contributed by atoms with van der Waals surface area (Å²) in [5.74, 6) is 0.376. The molecular formula is C23H18Cl2N2O2. The zero-order chi connectivity index (χ0) is 20.4. The topological polar surface area (TPSA) is 66.0 Å². The van der Waals surface area contributed by atoms with Crippen molar-refractivity contribution in [2.75, 3.05) is 5.32 Å². The molecule has 1 N–H and O–H groups in total. The van der Waals surface area contributed by atoms with Crippen LogP contribution in [0.25, 0.3) is 11.3 Å². The molecule has 1 aliphatic rings.